The zero-order valence-electron chi connectivity index (χ0n) is 7.24. The lowest BCUT2D eigenvalue weighted by Gasteiger charge is -2.18. The summed E-state index contributed by atoms with van der Waals surface area (Å²) in [6, 6.07) is 3.83. The van der Waals surface area contributed by atoms with Gasteiger partial charge in [0.15, 0.2) is 5.82 Å². The molecule has 0 bridgehead atoms. The molecule has 0 saturated heterocycles. The molecule has 1 rings (SSSR count). The summed E-state index contributed by atoms with van der Waals surface area (Å²) in [5.74, 6) is 0.906. The van der Waals surface area contributed by atoms with Crippen LogP contribution in [0.25, 0.3) is 0 Å². The Morgan fingerprint density at radius 2 is 2.42 bits per heavy atom. The van der Waals surface area contributed by atoms with E-state index >= 15 is 0 Å². The third-order valence-corrected chi connectivity index (χ3v) is 1.76. The summed E-state index contributed by atoms with van der Waals surface area (Å²) >= 11 is 3.48. The minimum atomic E-state index is 0.463. The van der Waals surface area contributed by atoms with Gasteiger partial charge >= 0.3 is 0 Å². The molecule has 0 spiro atoms. The molecule has 4 heteroatoms. The van der Waals surface area contributed by atoms with Crippen LogP contribution in [-0.2, 0) is 0 Å². The van der Waals surface area contributed by atoms with Gasteiger partial charge in [-0.15, -0.1) is 5.10 Å². The molecule has 0 aliphatic carbocycles. The van der Waals surface area contributed by atoms with Crippen molar-refractivity contribution in [2.75, 3.05) is 18.5 Å². The first-order valence-corrected chi connectivity index (χ1v) is 4.74. The van der Waals surface area contributed by atoms with Gasteiger partial charge in [-0.25, -0.2) is 0 Å². The van der Waals surface area contributed by atoms with Gasteiger partial charge < -0.3 is 4.90 Å². The van der Waals surface area contributed by atoms with Crippen molar-refractivity contribution in [3.05, 3.63) is 18.3 Å². The largest absolute Gasteiger partial charge is 0.357 e. The molecule has 12 heavy (non-hydrogen) atoms. The maximum atomic E-state index is 3.99. The van der Waals surface area contributed by atoms with Gasteiger partial charge in [0, 0.05) is 24.6 Å². The van der Waals surface area contributed by atoms with Crippen molar-refractivity contribution in [3.8, 4) is 0 Å². The van der Waals surface area contributed by atoms with Gasteiger partial charge in [0.2, 0.25) is 0 Å². The minimum Gasteiger partial charge on any atom is -0.357 e. The Balaban J connectivity index is 2.59. The highest BCUT2D eigenvalue weighted by Gasteiger charge is 2.04. The predicted octanol–water partition coefficient (Wildman–Crippen LogP) is 1.70. The highest BCUT2D eigenvalue weighted by atomic mass is 79.9. The zero-order valence-corrected chi connectivity index (χ0v) is 8.82. The van der Waals surface area contributed by atoms with Gasteiger partial charge in [0.25, 0.3) is 0 Å². The Morgan fingerprint density at radius 1 is 1.67 bits per heavy atom. The van der Waals surface area contributed by atoms with E-state index in [4.69, 9.17) is 0 Å². The number of alkyl halides is 1. The van der Waals surface area contributed by atoms with Gasteiger partial charge in [-0.1, -0.05) is 22.9 Å². The van der Waals surface area contributed by atoms with Crippen LogP contribution in [0, 0.1) is 0 Å². The fourth-order valence-electron chi connectivity index (χ4n) is 0.968. The molecule has 1 heterocycles. The lowest BCUT2D eigenvalue weighted by Crippen LogP contribution is -2.24. The third-order valence-electron chi connectivity index (χ3n) is 1.47. The molecule has 0 N–H and O–H groups in total. The zero-order chi connectivity index (χ0) is 8.97. The molecule has 0 fully saturated rings. The second-order valence-corrected chi connectivity index (χ2v) is 4.31. The molecule has 1 aromatic rings. The molecule has 0 aromatic carbocycles. The Hall–Kier alpha value is -0.640. The van der Waals surface area contributed by atoms with Crippen LogP contribution in [0.3, 0.4) is 0 Å². The summed E-state index contributed by atoms with van der Waals surface area (Å²) in [4.78, 5) is 2.52. The number of nitrogens with zero attached hydrogens (tertiary/aromatic N) is 3. The Morgan fingerprint density at radius 3 is 2.92 bits per heavy atom. The maximum Gasteiger partial charge on any atom is 0.150 e. The average molecular weight is 230 g/mol. The molecule has 66 valence electrons. The maximum absolute atomic E-state index is 3.99. The van der Waals surface area contributed by atoms with Crippen LogP contribution in [0.15, 0.2) is 18.3 Å². The summed E-state index contributed by atoms with van der Waals surface area (Å²) in [6.07, 6.45) is 1.68. The van der Waals surface area contributed by atoms with Crippen LogP contribution < -0.4 is 4.90 Å². The average Bonchev–Trinajstić information content (AvgIpc) is 2.05. The van der Waals surface area contributed by atoms with E-state index in [1.807, 2.05) is 19.2 Å². The van der Waals surface area contributed by atoms with Crippen molar-refractivity contribution >= 4 is 21.7 Å². The lowest BCUT2D eigenvalue weighted by molar-refractivity contribution is 0.840. The molecule has 0 radical (unpaired) electrons. The number of halogens is 1. The Kier molecular flexibility index (Phi) is 3.47. The molecule has 1 unspecified atom stereocenters. The Bertz CT molecular complexity index is 225. The topological polar surface area (TPSA) is 29.0 Å². The van der Waals surface area contributed by atoms with E-state index in [-0.39, 0.29) is 0 Å². The molecule has 0 aliphatic heterocycles. The van der Waals surface area contributed by atoms with Gasteiger partial charge in [-0.05, 0) is 12.1 Å². The van der Waals surface area contributed by atoms with Crippen LogP contribution in [0.2, 0.25) is 0 Å². The first-order chi connectivity index (χ1) is 5.70. The molecule has 0 saturated carbocycles. The summed E-state index contributed by atoms with van der Waals surface area (Å²) < 4.78 is 0. The molecule has 3 nitrogen and oxygen atoms in total. The van der Waals surface area contributed by atoms with Crippen molar-refractivity contribution in [3.63, 3.8) is 0 Å². The van der Waals surface area contributed by atoms with Crippen molar-refractivity contribution in [2.45, 2.75) is 11.8 Å². The number of hydrogen-bond donors (Lipinski definition) is 0. The minimum absolute atomic E-state index is 0.463. The molecule has 0 amide bonds. The first-order valence-electron chi connectivity index (χ1n) is 3.83. The molecular formula is C8H12BrN3. The quantitative estimate of drug-likeness (QED) is 0.740. The lowest BCUT2D eigenvalue weighted by atomic mass is 10.4. The second kappa shape index (κ2) is 4.40. The number of aromatic nitrogens is 2. The molecule has 0 aliphatic rings. The van der Waals surface area contributed by atoms with Crippen LogP contribution in [0.4, 0.5) is 5.82 Å². The van der Waals surface area contributed by atoms with E-state index in [1.165, 1.54) is 0 Å². The number of rotatable bonds is 3. The van der Waals surface area contributed by atoms with Crippen LogP contribution >= 0.6 is 15.9 Å². The standard InChI is InChI=1S/C8H12BrN3/c1-7(9)6-12(2)8-4-3-5-10-11-8/h3-5,7H,6H2,1-2H3. The summed E-state index contributed by atoms with van der Waals surface area (Å²) in [6.45, 7) is 3.03. The third kappa shape index (κ3) is 2.77. The molecule has 1 aromatic heterocycles. The van der Waals surface area contributed by atoms with Crippen molar-refractivity contribution in [2.24, 2.45) is 0 Å². The second-order valence-electron chi connectivity index (χ2n) is 2.74. The van der Waals surface area contributed by atoms with Crippen molar-refractivity contribution < 1.29 is 0 Å². The van der Waals surface area contributed by atoms with Gasteiger partial charge in [-0.2, -0.15) is 5.10 Å². The fourth-order valence-corrected chi connectivity index (χ4v) is 1.40. The van der Waals surface area contributed by atoms with Crippen LogP contribution in [-0.4, -0.2) is 28.6 Å². The number of anilines is 1. The number of hydrogen-bond acceptors (Lipinski definition) is 3. The first kappa shape index (κ1) is 9.45. The van der Waals surface area contributed by atoms with Crippen LogP contribution in [0.1, 0.15) is 6.92 Å². The highest BCUT2D eigenvalue weighted by molar-refractivity contribution is 9.09. The summed E-state index contributed by atoms with van der Waals surface area (Å²) in [5.41, 5.74) is 0. The van der Waals surface area contributed by atoms with E-state index in [0.717, 1.165) is 12.4 Å². The Labute approximate surface area is 80.9 Å². The predicted molar refractivity (Wildman–Crippen MR) is 53.7 cm³/mol. The van der Waals surface area contributed by atoms with E-state index in [2.05, 4.69) is 38.0 Å². The van der Waals surface area contributed by atoms with Gasteiger partial charge in [0.05, 0.1) is 0 Å². The normalized spacial score (nSPS) is 12.6. The summed E-state index contributed by atoms with van der Waals surface area (Å²) in [7, 11) is 2.00. The SMILES string of the molecule is CC(Br)CN(C)c1cccnn1. The van der Waals surface area contributed by atoms with E-state index in [1.54, 1.807) is 6.20 Å². The van der Waals surface area contributed by atoms with Gasteiger partial charge in [0.1, 0.15) is 0 Å². The monoisotopic (exact) mass is 229 g/mol. The highest BCUT2D eigenvalue weighted by Crippen LogP contribution is 2.08. The molecule has 1 atom stereocenters. The molecular weight excluding hydrogens is 218 g/mol. The van der Waals surface area contributed by atoms with Crippen molar-refractivity contribution in [1.82, 2.24) is 10.2 Å². The summed E-state index contributed by atoms with van der Waals surface area (Å²) in [5, 5.41) is 7.79. The van der Waals surface area contributed by atoms with E-state index in [9.17, 15) is 0 Å². The smallest absolute Gasteiger partial charge is 0.150 e. The van der Waals surface area contributed by atoms with Crippen molar-refractivity contribution in [1.29, 1.82) is 0 Å². The van der Waals surface area contributed by atoms with Crippen LogP contribution in [0.5, 0.6) is 0 Å². The van der Waals surface area contributed by atoms with E-state index < -0.39 is 0 Å². The van der Waals surface area contributed by atoms with Gasteiger partial charge in [-0.3, -0.25) is 0 Å². The van der Waals surface area contributed by atoms with E-state index in [0.29, 0.717) is 4.83 Å². The fraction of sp³-hybridized carbons (Fsp3) is 0.500.